The first kappa shape index (κ1) is 14.6. The minimum Gasteiger partial charge on any atom is -0.309 e. The van der Waals surface area contributed by atoms with E-state index in [0.717, 1.165) is 18.5 Å². The minimum atomic E-state index is -0.192. The van der Waals surface area contributed by atoms with Crippen LogP contribution in [-0.4, -0.2) is 26.8 Å². The third-order valence-corrected chi connectivity index (χ3v) is 3.11. The molecule has 0 amide bonds. The maximum atomic E-state index is 14.1. The molecule has 0 aliphatic carbocycles. The van der Waals surface area contributed by atoms with Gasteiger partial charge in [-0.1, -0.05) is 19.1 Å². The number of hydrogen-bond acceptors (Lipinski definition) is 4. The molecular formula is C14H20FN5. The van der Waals surface area contributed by atoms with Gasteiger partial charge in [-0.3, -0.25) is 0 Å². The van der Waals surface area contributed by atoms with Crippen LogP contribution in [0, 0.1) is 12.7 Å². The van der Waals surface area contributed by atoms with Gasteiger partial charge in [-0.15, -0.1) is 10.2 Å². The van der Waals surface area contributed by atoms with Crippen molar-refractivity contribution >= 4 is 0 Å². The zero-order chi connectivity index (χ0) is 14.5. The lowest BCUT2D eigenvalue weighted by molar-refractivity contribution is 0.488. The fourth-order valence-electron chi connectivity index (χ4n) is 2.11. The van der Waals surface area contributed by atoms with Crippen LogP contribution in [0.25, 0.3) is 0 Å². The summed E-state index contributed by atoms with van der Waals surface area (Å²) in [4.78, 5) is 1.41. The average Bonchev–Trinajstić information content (AvgIpc) is 2.80. The molecule has 0 saturated heterocycles. The molecule has 0 bridgehead atoms. The molecule has 2 rings (SSSR count). The van der Waals surface area contributed by atoms with E-state index in [1.165, 1.54) is 4.80 Å². The van der Waals surface area contributed by atoms with Crippen molar-refractivity contribution in [1.29, 1.82) is 0 Å². The number of aryl methyl sites for hydroxylation is 2. The van der Waals surface area contributed by atoms with Crippen molar-refractivity contribution in [2.24, 2.45) is 7.05 Å². The van der Waals surface area contributed by atoms with Crippen LogP contribution < -0.4 is 5.32 Å². The van der Waals surface area contributed by atoms with Crippen molar-refractivity contribution in [2.75, 3.05) is 6.54 Å². The molecule has 0 aliphatic heterocycles. The first-order valence-electron chi connectivity index (χ1n) is 6.82. The minimum absolute atomic E-state index is 0.139. The van der Waals surface area contributed by atoms with E-state index in [4.69, 9.17) is 0 Å². The first-order chi connectivity index (χ1) is 9.60. The highest BCUT2D eigenvalue weighted by Crippen LogP contribution is 2.21. The predicted molar refractivity (Wildman–Crippen MR) is 74.7 cm³/mol. The van der Waals surface area contributed by atoms with Crippen LogP contribution in [0.2, 0.25) is 0 Å². The molecule has 0 saturated carbocycles. The van der Waals surface area contributed by atoms with E-state index in [9.17, 15) is 4.39 Å². The fraction of sp³-hybridized carbons (Fsp3) is 0.500. The summed E-state index contributed by atoms with van der Waals surface area (Å²) >= 11 is 0. The Bertz CT molecular complexity index is 566. The topological polar surface area (TPSA) is 55.6 Å². The van der Waals surface area contributed by atoms with E-state index in [0.29, 0.717) is 17.8 Å². The number of rotatable bonds is 6. The lowest BCUT2D eigenvalue weighted by Crippen LogP contribution is -2.25. The molecule has 108 valence electrons. The smallest absolute Gasteiger partial charge is 0.176 e. The summed E-state index contributed by atoms with van der Waals surface area (Å²) in [6, 6.07) is 5.16. The maximum Gasteiger partial charge on any atom is 0.176 e. The molecule has 5 nitrogen and oxygen atoms in total. The molecule has 1 N–H and O–H groups in total. The zero-order valence-corrected chi connectivity index (χ0v) is 12.1. The van der Waals surface area contributed by atoms with Crippen LogP contribution in [0.1, 0.15) is 36.3 Å². The molecule has 1 aromatic carbocycles. The SMILES string of the molecule is CCCNC(Cc1nnn(C)n1)c1ccc(C)cc1F. The summed E-state index contributed by atoms with van der Waals surface area (Å²) in [5.41, 5.74) is 1.56. The van der Waals surface area contributed by atoms with Crippen molar-refractivity contribution in [1.82, 2.24) is 25.5 Å². The third kappa shape index (κ3) is 3.60. The Morgan fingerprint density at radius 2 is 2.20 bits per heavy atom. The molecule has 2 aromatic rings. The Labute approximate surface area is 118 Å². The Morgan fingerprint density at radius 3 is 2.80 bits per heavy atom. The monoisotopic (exact) mass is 277 g/mol. The molecule has 6 heteroatoms. The van der Waals surface area contributed by atoms with Crippen LogP contribution in [0.4, 0.5) is 4.39 Å². The van der Waals surface area contributed by atoms with Crippen LogP contribution in [0.5, 0.6) is 0 Å². The molecule has 1 atom stereocenters. The summed E-state index contributed by atoms with van der Waals surface area (Å²) in [7, 11) is 1.72. The van der Waals surface area contributed by atoms with E-state index >= 15 is 0 Å². The van der Waals surface area contributed by atoms with E-state index in [-0.39, 0.29) is 11.9 Å². The highest BCUT2D eigenvalue weighted by molar-refractivity contribution is 5.26. The fourth-order valence-corrected chi connectivity index (χ4v) is 2.11. The quantitative estimate of drug-likeness (QED) is 0.876. The van der Waals surface area contributed by atoms with Gasteiger partial charge < -0.3 is 5.32 Å². The van der Waals surface area contributed by atoms with Gasteiger partial charge in [-0.25, -0.2) is 4.39 Å². The van der Waals surface area contributed by atoms with Crippen LogP contribution >= 0.6 is 0 Å². The number of nitrogens with one attached hydrogen (secondary N) is 1. The summed E-state index contributed by atoms with van der Waals surface area (Å²) < 4.78 is 14.1. The second kappa shape index (κ2) is 6.56. The Balaban J connectivity index is 2.22. The van der Waals surface area contributed by atoms with Gasteiger partial charge in [0.1, 0.15) is 5.82 Å². The number of aromatic nitrogens is 4. The van der Waals surface area contributed by atoms with Gasteiger partial charge in [0, 0.05) is 18.0 Å². The molecule has 0 fully saturated rings. The molecule has 0 aliphatic rings. The van der Waals surface area contributed by atoms with Gasteiger partial charge in [0.25, 0.3) is 0 Å². The molecule has 1 unspecified atom stereocenters. The van der Waals surface area contributed by atoms with Gasteiger partial charge >= 0.3 is 0 Å². The van der Waals surface area contributed by atoms with E-state index in [2.05, 4.69) is 27.7 Å². The Morgan fingerprint density at radius 1 is 1.40 bits per heavy atom. The summed E-state index contributed by atoms with van der Waals surface area (Å²) in [5, 5.41) is 15.3. The highest BCUT2D eigenvalue weighted by atomic mass is 19.1. The number of nitrogens with zero attached hydrogens (tertiary/aromatic N) is 4. The van der Waals surface area contributed by atoms with Crippen molar-refractivity contribution < 1.29 is 4.39 Å². The van der Waals surface area contributed by atoms with Gasteiger partial charge in [-0.2, -0.15) is 4.80 Å². The molecule has 1 aromatic heterocycles. The van der Waals surface area contributed by atoms with Crippen molar-refractivity contribution in [3.63, 3.8) is 0 Å². The molecular weight excluding hydrogens is 257 g/mol. The third-order valence-electron chi connectivity index (χ3n) is 3.11. The van der Waals surface area contributed by atoms with Crippen LogP contribution in [-0.2, 0) is 13.5 Å². The Hall–Kier alpha value is -1.82. The molecule has 1 heterocycles. The van der Waals surface area contributed by atoms with Crippen molar-refractivity contribution in [2.45, 2.75) is 32.7 Å². The van der Waals surface area contributed by atoms with Gasteiger partial charge in [0.05, 0.1) is 7.05 Å². The first-order valence-corrected chi connectivity index (χ1v) is 6.82. The number of benzene rings is 1. The average molecular weight is 277 g/mol. The summed E-state index contributed by atoms with van der Waals surface area (Å²) in [5.74, 6) is 0.420. The Kier molecular flexibility index (Phi) is 4.79. The molecule has 0 radical (unpaired) electrons. The molecule has 20 heavy (non-hydrogen) atoms. The van der Waals surface area contributed by atoms with Crippen molar-refractivity contribution in [3.05, 3.63) is 41.0 Å². The number of tetrazole rings is 1. The number of hydrogen-bond donors (Lipinski definition) is 1. The normalized spacial score (nSPS) is 12.6. The zero-order valence-electron chi connectivity index (χ0n) is 12.1. The van der Waals surface area contributed by atoms with Crippen molar-refractivity contribution in [3.8, 4) is 0 Å². The summed E-state index contributed by atoms with van der Waals surface area (Å²) in [6.45, 7) is 4.78. The molecule has 0 spiro atoms. The second-order valence-corrected chi connectivity index (χ2v) is 4.93. The van der Waals surface area contributed by atoms with Gasteiger partial charge in [-0.05, 0) is 36.7 Å². The lowest BCUT2D eigenvalue weighted by Gasteiger charge is -2.18. The number of halogens is 1. The van der Waals surface area contributed by atoms with E-state index < -0.39 is 0 Å². The highest BCUT2D eigenvalue weighted by Gasteiger charge is 2.18. The van der Waals surface area contributed by atoms with Gasteiger partial charge in [0.2, 0.25) is 0 Å². The van der Waals surface area contributed by atoms with E-state index in [1.807, 2.05) is 19.1 Å². The standard InChI is InChI=1S/C14H20FN5/c1-4-7-16-13(9-14-17-19-20(3)18-14)11-6-5-10(2)8-12(11)15/h5-6,8,13,16H,4,7,9H2,1-3H3. The van der Waals surface area contributed by atoms with Crippen LogP contribution in [0.15, 0.2) is 18.2 Å². The summed E-state index contributed by atoms with van der Waals surface area (Å²) in [6.07, 6.45) is 1.51. The van der Waals surface area contributed by atoms with E-state index in [1.54, 1.807) is 13.1 Å². The maximum absolute atomic E-state index is 14.1. The largest absolute Gasteiger partial charge is 0.309 e. The van der Waals surface area contributed by atoms with Gasteiger partial charge in [0.15, 0.2) is 5.82 Å². The predicted octanol–water partition coefficient (Wildman–Crippen LogP) is 1.94. The lowest BCUT2D eigenvalue weighted by atomic mass is 10.0. The second-order valence-electron chi connectivity index (χ2n) is 4.93. The van der Waals surface area contributed by atoms with Crippen LogP contribution in [0.3, 0.4) is 0 Å².